The number of nitrogens with one attached hydrogen (secondary N) is 1. The van der Waals surface area contributed by atoms with Crippen molar-refractivity contribution in [3.8, 4) is 11.5 Å². The van der Waals surface area contributed by atoms with Gasteiger partial charge in [0.1, 0.15) is 12.1 Å². The molecule has 3 aliphatic rings. The summed E-state index contributed by atoms with van der Waals surface area (Å²) in [5.74, 6) is 0.655. The fourth-order valence-corrected chi connectivity index (χ4v) is 4.30. The summed E-state index contributed by atoms with van der Waals surface area (Å²) in [5, 5.41) is 2.77. The first-order valence-corrected chi connectivity index (χ1v) is 10.4. The number of imide groups is 1. The quantitative estimate of drug-likeness (QED) is 0.724. The highest BCUT2D eigenvalue weighted by molar-refractivity contribution is 6.09. The molecule has 1 aromatic carbocycles. The van der Waals surface area contributed by atoms with Crippen LogP contribution in [0.5, 0.6) is 11.5 Å². The van der Waals surface area contributed by atoms with E-state index in [2.05, 4.69) is 11.4 Å². The second-order valence-corrected chi connectivity index (χ2v) is 8.10. The molecule has 4 amide bonds. The number of urea groups is 1. The predicted molar refractivity (Wildman–Crippen MR) is 109 cm³/mol. The Morgan fingerprint density at radius 2 is 2.03 bits per heavy atom. The van der Waals surface area contributed by atoms with E-state index < -0.39 is 17.5 Å². The van der Waals surface area contributed by atoms with Crippen molar-refractivity contribution >= 4 is 17.8 Å². The van der Waals surface area contributed by atoms with Gasteiger partial charge in [0.15, 0.2) is 11.5 Å². The zero-order valence-electron chi connectivity index (χ0n) is 17.4. The van der Waals surface area contributed by atoms with E-state index in [0.717, 1.165) is 41.8 Å². The molecule has 0 unspecified atom stereocenters. The van der Waals surface area contributed by atoms with E-state index >= 15 is 0 Å². The Kier molecular flexibility index (Phi) is 5.40. The van der Waals surface area contributed by atoms with Crippen molar-refractivity contribution < 1.29 is 23.9 Å². The molecule has 1 atom stereocenters. The topological polar surface area (TPSA) is 88.2 Å². The van der Waals surface area contributed by atoms with Crippen LogP contribution in [0.1, 0.15) is 45.1 Å². The number of allylic oxidation sites excluding steroid dienone is 2. The smallest absolute Gasteiger partial charge is 0.325 e. The Hall–Kier alpha value is -3.03. The first kappa shape index (κ1) is 20.3. The number of ether oxygens (including phenoxy) is 2. The van der Waals surface area contributed by atoms with E-state index in [1.165, 1.54) is 0 Å². The highest BCUT2D eigenvalue weighted by atomic mass is 16.7. The number of likely N-dealkylation sites (N-methyl/N-ethyl adjacent to an activating group) is 1. The van der Waals surface area contributed by atoms with Crippen LogP contribution >= 0.6 is 0 Å². The van der Waals surface area contributed by atoms with Gasteiger partial charge in [-0.3, -0.25) is 14.5 Å². The number of fused-ring (bicyclic) bond motifs is 1. The van der Waals surface area contributed by atoms with E-state index in [-0.39, 0.29) is 19.2 Å². The van der Waals surface area contributed by atoms with Crippen molar-refractivity contribution in [3.05, 3.63) is 35.5 Å². The second kappa shape index (κ2) is 8.01. The lowest BCUT2D eigenvalue weighted by molar-refractivity contribution is -0.137. The molecular formula is C22H27N3O5. The van der Waals surface area contributed by atoms with Crippen molar-refractivity contribution in [1.82, 2.24) is 15.1 Å². The number of amides is 4. The molecule has 0 spiro atoms. The summed E-state index contributed by atoms with van der Waals surface area (Å²) in [6.07, 6.45) is 6.35. The number of nitrogens with zero attached hydrogens (tertiary/aromatic N) is 2. The number of hydrogen-bond acceptors (Lipinski definition) is 5. The summed E-state index contributed by atoms with van der Waals surface area (Å²) < 4.78 is 10.7. The maximum absolute atomic E-state index is 13.1. The Morgan fingerprint density at radius 1 is 1.23 bits per heavy atom. The molecule has 1 aliphatic carbocycles. The number of carbonyl (C=O) groups excluding carboxylic acids is 3. The van der Waals surface area contributed by atoms with Gasteiger partial charge in [-0.2, -0.15) is 0 Å². The van der Waals surface area contributed by atoms with Crippen LogP contribution in [0.2, 0.25) is 0 Å². The third-order valence-corrected chi connectivity index (χ3v) is 5.86. The lowest BCUT2D eigenvalue weighted by atomic mass is 9.92. The summed E-state index contributed by atoms with van der Waals surface area (Å²) in [5.41, 5.74) is 0.710. The maximum Gasteiger partial charge on any atom is 0.325 e. The molecule has 160 valence electrons. The van der Waals surface area contributed by atoms with Crippen molar-refractivity contribution in [2.75, 3.05) is 19.9 Å². The molecule has 8 nitrogen and oxygen atoms in total. The number of carbonyl (C=O) groups is 3. The van der Waals surface area contributed by atoms with Gasteiger partial charge in [0, 0.05) is 18.7 Å². The van der Waals surface area contributed by atoms with Gasteiger partial charge in [-0.25, -0.2) is 4.79 Å². The average Bonchev–Trinajstić information content (AvgIpc) is 3.27. The summed E-state index contributed by atoms with van der Waals surface area (Å²) in [4.78, 5) is 41.3. The van der Waals surface area contributed by atoms with E-state index in [4.69, 9.17) is 9.47 Å². The van der Waals surface area contributed by atoms with Gasteiger partial charge in [-0.15, -0.1) is 0 Å². The predicted octanol–water partition coefficient (Wildman–Crippen LogP) is 2.57. The Labute approximate surface area is 175 Å². The van der Waals surface area contributed by atoms with Crippen molar-refractivity contribution in [1.29, 1.82) is 0 Å². The van der Waals surface area contributed by atoms with Crippen LogP contribution in [0, 0.1) is 0 Å². The minimum atomic E-state index is -1.12. The van der Waals surface area contributed by atoms with E-state index in [1.54, 1.807) is 17.9 Å². The fourth-order valence-electron chi connectivity index (χ4n) is 4.30. The Balaban J connectivity index is 1.46. The van der Waals surface area contributed by atoms with E-state index in [1.807, 2.05) is 19.1 Å². The monoisotopic (exact) mass is 413 g/mol. The second-order valence-electron chi connectivity index (χ2n) is 8.10. The molecule has 1 saturated heterocycles. The molecule has 30 heavy (non-hydrogen) atoms. The molecule has 0 aromatic heterocycles. The molecular weight excluding hydrogens is 386 g/mol. The molecule has 1 aromatic rings. The first-order valence-electron chi connectivity index (χ1n) is 10.4. The van der Waals surface area contributed by atoms with Gasteiger partial charge in [0.05, 0.1) is 0 Å². The van der Waals surface area contributed by atoms with Crippen molar-refractivity contribution in [3.63, 3.8) is 0 Å². The normalized spacial score (nSPS) is 22.7. The van der Waals surface area contributed by atoms with Gasteiger partial charge < -0.3 is 19.7 Å². The van der Waals surface area contributed by atoms with Crippen LogP contribution in [-0.4, -0.2) is 53.1 Å². The largest absolute Gasteiger partial charge is 0.454 e. The van der Waals surface area contributed by atoms with Crippen molar-refractivity contribution in [2.45, 2.75) is 51.5 Å². The highest BCUT2D eigenvalue weighted by Crippen LogP contribution is 2.34. The van der Waals surface area contributed by atoms with Crippen molar-refractivity contribution in [2.24, 2.45) is 0 Å². The average molecular weight is 413 g/mol. The maximum atomic E-state index is 13.1. The van der Waals surface area contributed by atoms with E-state index in [9.17, 15) is 14.4 Å². The molecule has 0 radical (unpaired) electrons. The zero-order valence-corrected chi connectivity index (χ0v) is 17.4. The lowest BCUT2D eigenvalue weighted by Gasteiger charge is -2.28. The molecule has 4 rings (SSSR count). The van der Waals surface area contributed by atoms with Gasteiger partial charge >= 0.3 is 6.03 Å². The van der Waals surface area contributed by atoms with Crippen LogP contribution in [0.3, 0.4) is 0 Å². The first-order chi connectivity index (χ1) is 14.4. The minimum Gasteiger partial charge on any atom is -0.454 e. The Morgan fingerprint density at radius 3 is 2.77 bits per heavy atom. The van der Waals surface area contributed by atoms with Crippen LogP contribution in [0.15, 0.2) is 30.0 Å². The number of benzene rings is 1. The Bertz CT molecular complexity index is 912. The molecule has 8 heteroatoms. The van der Waals surface area contributed by atoms with Gasteiger partial charge in [0.2, 0.25) is 12.7 Å². The molecule has 0 saturated carbocycles. The summed E-state index contributed by atoms with van der Waals surface area (Å²) in [7, 11) is 0. The molecule has 0 bridgehead atoms. The van der Waals surface area contributed by atoms with Gasteiger partial charge in [0.25, 0.3) is 5.91 Å². The summed E-state index contributed by atoms with van der Waals surface area (Å²) >= 11 is 0. The van der Waals surface area contributed by atoms with Gasteiger partial charge in [-0.1, -0.05) is 12.1 Å². The van der Waals surface area contributed by atoms with Crippen LogP contribution in [0.4, 0.5) is 4.79 Å². The summed E-state index contributed by atoms with van der Waals surface area (Å²) in [6.45, 7) is 4.02. The molecule has 1 N–H and O–H groups in total. The molecule has 1 fully saturated rings. The number of hydrogen-bond donors (Lipinski definition) is 1. The molecule has 2 heterocycles. The molecule has 2 aliphatic heterocycles. The standard InChI is InChI=1S/C22H27N3O5/c1-3-24(16-7-5-4-6-8-16)19(26)13-25-20(27)22(2,23-21(25)28)12-15-9-10-17-18(11-15)30-14-29-17/h7,9-11H,3-6,8,12-14H2,1-2H3,(H,23,28)/t22-/m1/s1. The third kappa shape index (κ3) is 3.74. The highest BCUT2D eigenvalue weighted by Gasteiger charge is 2.48. The lowest BCUT2D eigenvalue weighted by Crippen LogP contribution is -2.47. The fraction of sp³-hybridized carbons (Fsp3) is 0.500. The zero-order chi connectivity index (χ0) is 21.3. The number of rotatable bonds is 6. The van der Waals surface area contributed by atoms with Crippen LogP contribution in [-0.2, 0) is 16.0 Å². The van der Waals surface area contributed by atoms with Crippen LogP contribution < -0.4 is 14.8 Å². The SMILES string of the molecule is CCN(C(=O)CN1C(=O)N[C@](C)(Cc2ccc3c(c2)OCO3)C1=O)C1=CCCCC1. The van der Waals surface area contributed by atoms with Gasteiger partial charge in [-0.05, 0) is 57.2 Å². The summed E-state index contributed by atoms with van der Waals surface area (Å²) in [6, 6.07) is 4.92. The third-order valence-electron chi connectivity index (χ3n) is 5.86. The minimum absolute atomic E-state index is 0.173. The van der Waals surface area contributed by atoms with Crippen LogP contribution in [0.25, 0.3) is 0 Å². The van der Waals surface area contributed by atoms with E-state index in [0.29, 0.717) is 24.5 Å².